The smallest absolute Gasteiger partial charge is 0.180 e. The second kappa shape index (κ2) is 9.71. The fourth-order valence-electron chi connectivity index (χ4n) is 2.72. The van der Waals surface area contributed by atoms with Gasteiger partial charge in [-0.2, -0.15) is 5.26 Å². The molecule has 0 aromatic heterocycles. The maximum absolute atomic E-state index is 9.57. The van der Waals surface area contributed by atoms with Crippen LogP contribution in [0.25, 0.3) is 11.6 Å². The highest BCUT2D eigenvalue weighted by Gasteiger charge is 2.13. The molecule has 0 spiro atoms. The summed E-state index contributed by atoms with van der Waals surface area (Å²) in [5, 5.41) is 11.1. The molecule has 0 aliphatic carbocycles. The molecular weight excluding hydrogens is 429 g/mol. The summed E-state index contributed by atoms with van der Waals surface area (Å²) in [6, 6.07) is 20.2. The first-order valence-electron chi connectivity index (χ1n) is 8.63. The van der Waals surface area contributed by atoms with Gasteiger partial charge in [-0.25, -0.2) is 0 Å². The van der Waals surface area contributed by atoms with Crippen LogP contribution in [-0.2, 0) is 6.61 Å². The summed E-state index contributed by atoms with van der Waals surface area (Å²) in [6.07, 6.45) is 1.71. The molecule has 29 heavy (non-hydrogen) atoms. The Bertz CT molecular complexity index is 1090. The number of nitrogens with zero attached hydrogens (tertiary/aromatic N) is 1. The normalized spacial score (nSPS) is 11.1. The van der Waals surface area contributed by atoms with Crippen LogP contribution in [0.2, 0.25) is 15.1 Å². The predicted molar refractivity (Wildman–Crippen MR) is 119 cm³/mol. The molecule has 3 aromatic carbocycles. The van der Waals surface area contributed by atoms with E-state index >= 15 is 0 Å². The molecule has 146 valence electrons. The Labute approximate surface area is 184 Å². The highest BCUT2D eigenvalue weighted by atomic mass is 35.5. The van der Waals surface area contributed by atoms with Crippen LogP contribution in [0.15, 0.2) is 60.7 Å². The highest BCUT2D eigenvalue weighted by Crippen LogP contribution is 2.38. The number of allylic oxidation sites excluding steroid dienone is 1. The Kier molecular flexibility index (Phi) is 7.06. The second-order valence-corrected chi connectivity index (χ2v) is 7.35. The van der Waals surface area contributed by atoms with Crippen molar-refractivity contribution >= 4 is 46.5 Å². The predicted octanol–water partition coefficient (Wildman–Crippen LogP) is 7.30. The molecule has 3 aromatic rings. The number of ether oxygens (including phenoxy) is 2. The van der Waals surface area contributed by atoms with Gasteiger partial charge >= 0.3 is 0 Å². The minimum atomic E-state index is 0.311. The van der Waals surface area contributed by atoms with Gasteiger partial charge in [-0.3, -0.25) is 0 Å². The maximum Gasteiger partial charge on any atom is 0.180 e. The van der Waals surface area contributed by atoms with Gasteiger partial charge in [0.15, 0.2) is 11.5 Å². The first-order valence-corrected chi connectivity index (χ1v) is 9.76. The van der Waals surface area contributed by atoms with Crippen molar-refractivity contribution in [1.82, 2.24) is 0 Å². The Hall–Kier alpha value is -2.64. The molecule has 0 aliphatic rings. The summed E-state index contributed by atoms with van der Waals surface area (Å²) in [5.41, 5.74) is 2.71. The number of benzene rings is 3. The molecule has 0 heterocycles. The number of hydrogen-bond donors (Lipinski definition) is 0. The van der Waals surface area contributed by atoms with Crippen molar-refractivity contribution in [3.8, 4) is 17.6 Å². The van der Waals surface area contributed by atoms with Crippen LogP contribution in [0, 0.1) is 11.3 Å². The zero-order valence-electron chi connectivity index (χ0n) is 15.5. The van der Waals surface area contributed by atoms with Crippen molar-refractivity contribution in [3.63, 3.8) is 0 Å². The minimum absolute atomic E-state index is 0.311. The minimum Gasteiger partial charge on any atom is -0.493 e. The summed E-state index contributed by atoms with van der Waals surface area (Å²) in [5.74, 6) is 0.895. The van der Waals surface area contributed by atoms with E-state index in [4.69, 9.17) is 44.3 Å². The van der Waals surface area contributed by atoms with Crippen LogP contribution in [-0.4, -0.2) is 7.11 Å². The molecule has 0 fully saturated rings. The van der Waals surface area contributed by atoms with Crippen molar-refractivity contribution in [2.75, 3.05) is 7.11 Å². The summed E-state index contributed by atoms with van der Waals surface area (Å²) in [7, 11) is 1.54. The van der Waals surface area contributed by atoms with Crippen molar-refractivity contribution in [2.45, 2.75) is 6.61 Å². The summed E-state index contributed by atoms with van der Waals surface area (Å²) >= 11 is 18.6. The largest absolute Gasteiger partial charge is 0.493 e. The van der Waals surface area contributed by atoms with Crippen LogP contribution in [0.4, 0.5) is 0 Å². The van der Waals surface area contributed by atoms with Gasteiger partial charge < -0.3 is 9.47 Å². The zero-order chi connectivity index (χ0) is 20.8. The average Bonchev–Trinajstić information content (AvgIpc) is 2.72. The number of halogens is 3. The number of rotatable bonds is 6. The van der Waals surface area contributed by atoms with E-state index in [9.17, 15) is 5.26 Å². The van der Waals surface area contributed by atoms with E-state index in [-0.39, 0.29) is 0 Å². The topological polar surface area (TPSA) is 42.2 Å². The van der Waals surface area contributed by atoms with E-state index in [0.717, 1.165) is 5.56 Å². The molecule has 0 amide bonds. The summed E-state index contributed by atoms with van der Waals surface area (Å²) in [6.45, 7) is 0.311. The third-order valence-electron chi connectivity index (χ3n) is 4.14. The Morgan fingerprint density at radius 1 is 1.00 bits per heavy atom. The molecule has 3 nitrogen and oxygen atoms in total. The quantitative estimate of drug-likeness (QED) is 0.296. The molecule has 6 heteroatoms. The van der Waals surface area contributed by atoms with Crippen molar-refractivity contribution in [3.05, 3.63) is 92.4 Å². The third-order valence-corrected chi connectivity index (χ3v) is 5.01. The fourth-order valence-corrected chi connectivity index (χ4v) is 3.35. The zero-order valence-corrected chi connectivity index (χ0v) is 17.7. The molecule has 0 radical (unpaired) electrons. The maximum atomic E-state index is 9.57. The molecule has 0 atom stereocenters. The van der Waals surface area contributed by atoms with E-state index in [1.807, 2.05) is 24.3 Å². The van der Waals surface area contributed by atoms with E-state index < -0.39 is 0 Å². The number of hydrogen-bond acceptors (Lipinski definition) is 3. The van der Waals surface area contributed by atoms with Gasteiger partial charge in [0.1, 0.15) is 6.61 Å². The van der Waals surface area contributed by atoms with E-state index in [2.05, 4.69) is 6.07 Å². The second-order valence-electron chi connectivity index (χ2n) is 6.10. The molecule has 0 bridgehead atoms. The van der Waals surface area contributed by atoms with Crippen molar-refractivity contribution in [2.24, 2.45) is 0 Å². The molecule has 3 rings (SSSR count). The first kappa shape index (κ1) is 21.1. The summed E-state index contributed by atoms with van der Waals surface area (Å²) in [4.78, 5) is 0. The van der Waals surface area contributed by atoms with Crippen molar-refractivity contribution in [1.29, 1.82) is 5.26 Å². The Morgan fingerprint density at radius 2 is 1.72 bits per heavy atom. The Morgan fingerprint density at radius 3 is 2.38 bits per heavy atom. The summed E-state index contributed by atoms with van der Waals surface area (Å²) < 4.78 is 11.3. The highest BCUT2D eigenvalue weighted by molar-refractivity contribution is 6.33. The lowest BCUT2D eigenvalue weighted by molar-refractivity contribution is 0.284. The van der Waals surface area contributed by atoms with E-state index in [0.29, 0.717) is 49.9 Å². The van der Waals surface area contributed by atoms with Gasteiger partial charge in [-0.05, 0) is 47.5 Å². The first-order chi connectivity index (χ1) is 14.0. The van der Waals surface area contributed by atoms with Gasteiger partial charge in [0.25, 0.3) is 0 Å². The monoisotopic (exact) mass is 443 g/mol. The lowest BCUT2D eigenvalue weighted by Crippen LogP contribution is -1.99. The standard InChI is InChI=1S/C23H16Cl3NO2/c1-28-22-12-16(10-17(13-27)19-4-2-3-5-20(19)25)11-21(26)23(22)29-14-15-6-8-18(24)9-7-15/h2-12H,14H2,1H3. The lowest BCUT2D eigenvalue weighted by Gasteiger charge is -2.14. The van der Waals surface area contributed by atoms with E-state index in [1.165, 1.54) is 7.11 Å². The SMILES string of the molecule is COc1cc(C=C(C#N)c2ccccc2Cl)cc(Cl)c1OCc1ccc(Cl)cc1. The van der Waals surface area contributed by atoms with Gasteiger partial charge in [-0.15, -0.1) is 0 Å². The van der Waals surface area contributed by atoms with Crippen LogP contribution in [0.1, 0.15) is 16.7 Å². The number of nitriles is 1. The van der Waals surface area contributed by atoms with Gasteiger partial charge in [0.2, 0.25) is 0 Å². The van der Waals surface area contributed by atoms with Crippen LogP contribution >= 0.6 is 34.8 Å². The van der Waals surface area contributed by atoms with Gasteiger partial charge in [0, 0.05) is 15.6 Å². The molecule has 0 aliphatic heterocycles. The van der Waals surface area contributed by atoms with Gasteiger partial charge in [-0.1, -0.05) is 65.1 Å². The van der Waals surface area contributed by atoms with Crippen LogP contribution < -0.4 is 9.47 Å². The molecule has 0 saturated carbocycles. The van der Waals surface area contributed by atoms with E-state index in [1.54, 1.807) is 42.5 Å². The average molecular weight is 445 g/mol. The molecular formula is C23H16Cl3NO2. The number of methoxy groups -OCH3 is 1. The Balaban J connectivity index is 1.90. The van der Waals surface area contributed by atoms with Crippen molar-refractivity contribution < 1.29 is 9.47 Å². The molecule has 0 N–H and O–H groups in total. The van der Waals surface area contributed by atoms with Gasteiger partial charge in [0.05, 0.1) is 23.8 Å². The van der Waals surface area contributed by atoms with Crippen LogP contribution in [0.3, 0.4) is 0 Å². The third kappa shape index (κ3) is 5.25. The fraction of sp³-hybridized carbons (Fsp3) is 0.0870. The van der Waals surface area contributed by atoms with Crippen LogP contribution in [0.5, 0.6) is 11.5 Å². The lowest BCUT2D eigenvalue weighted by atomic mass is 10.0. The molecule has 0 saturated heterocycles. The molecule has 0 unspecified atom stereocenters.